The van der Waals surface area contributed by atoms with Crippen molar-refractivity contribution >= 4 is 8.80 Å². The Kier molecular flexibility index (Phi) is 13.4. The Hall–Kier alpha value is -2.04. The summed E-state index contributed by atoms with van der Waals surface area (Å²) in [4.78, 5) is 0. The van der Waals surface area contributed by atoms with Gasteiger partial charge in [0.2, 0.25) is 0 Å². The van der Waals surface area contributed by atoms with E-state index in [1.54, 1.807) is 6.92 Å². The van der Waals surface area contributed by atoms with Crippen molar-refractivity contribution in [3.05, 3.63) is 0 Å². The maximum atomic E-state index is 14.2. The molecule has 0 saturated carbocycles. The van der Waals surface area contributed by atoms with E-state index in [9.17, 15) is 132 Å². The average Bonchev–Trinajstić information content (AvgIpc) is 2.79. The zero-order valence-corrected chi connectivity index (χ0v) is 22.7. The summed E-state index contributed by atoms with van der Waals surface area (Å²) in [6.07, 6.45) is -31.8. The van der Waals surface area contributed by atoms with Crippen LogP contribution in [0.15, 0.2) is 0 Å². The van der Waals surface area contributed by atoms with Crippen molar-refractivity contribution in [2.45, 2.75) is 85.1 Å². The fraction of sp³-hybridized carbons (Fsp3) is 1.00. The summed E-state index contributed by atoms with van der Waals surface area (Å²) < 4.78 is 396. The average molecular weight is 848 g/mol. The lowest BCUT2D eigenvalue weighted by atomic mass is 9.87. The molecule has 1 N–H and O–H groups in total. The van der Waals surface area contributed by atoms with Crippen LogP contribution in [-0.4, -0.2) is 98.7 Å². The van der Waals surface area contributed by atoms with Crippen LogP contribution in [-0.2, 0) is 13.3 Å². The highest BCUT2D eigenvalue weighted by molar-refractivity contribution is 6.64. The molecule has 0 aromatic rings. The highest BCUT2D eigenvalue weighted by Crippen LogP contribution is 2.67. The lowest BCUT2D eigenvalue weighted by molar-refractivity contribution is -0.474. The summed E-state index contributed by atoms with van der Waals surface area (Å²) in [7, 11) is -10.7. The van der Waals surface area contributed by atoms with Gasteiger partial charge < -0.3 is 5.11 Å². The quantitative estimate of drug-likeness (QED) is 0.157. The zero-order chi connectivity index (χ0) is 41.8. The standard InChI is InChI=1S/C13F30O3Si.C2H6O/c14-1(15,3(18,19)5(22,23)7(26,27)9(30,31)32)2(16,17)4(20,21)6(24,25)8(28,29)10(33,34)47(44-11(35,36)37,45-12(38,39)40)46-13(41,42)43;1-2-3/h;3H,2H2,1H3. The van der Waals surface area contributed by atoms with E-state index < -0.39 is 87.0 Å². The minimum Gasteiger partial charge on any atom is -0.397 e. The SMILES string of the molecule is CCO.FC(F)(F)O[Si](OC(F)(F)F)(OC(F)(F)F)C(F)(F)C(F)(F)C(F)(F)C(F)(F)C(F)(F)C(F)(F)C(F)(F)C(F)(F)C(F)(F)C(F)(F)F. The Balaban J connectivity index is 0. The van der Waals surface area contributed by atoms with Gasteiger partial charge in [-0.2, -0.15) is 92.2 Å². The Morgan fingerprint density at radius 3 is 0.660 bits per heavy atom. The second-order valence-electron chi connectivity index (χ2n) is 8.18. The van der Waals surface area contributed by atoms with Crippen LogP contribution in [0.5, 0.6) is 0 Å². The summed E-state index contributed by atoms with van der Waals surface area (Å²) in [6, 6.07) is 0. The first-order valence-corrected chi connectivity index (χ1v) is 12.1. The van der Waals surface area contributed by atoms with Crippen molar-refractivity contribution < 1.29 is 150 Å². The van der Waals surface area contributed by atoms with Crippen LogP contribution in [0.1, 0.15) is 6.92 Å². The summed E-state index contributed by atoms with van der Waals surface area (Å²) >= 11 is 0. The third kappa shape index (κ3) is 8.27. The third-order valence-corrected chi connectivity index (χ3v) is 7.23. The highest BCUT2D eigenvalue weighted by atomic mass is 28.4. The fourth-order valence-electron chi connectivity index (χ4n) is 2.46. The Bertz CT molecular complexity index is 1090. The third-order valence-electron chi connectivity index (χ3n) is 4.65. The molecule has 0 atom stereocenters. The maximum Gasteiger partial charge on any atom is 0.601 e. The van der Waals surface area contributed by atoms with Gasteiger partial charge in [-0.3, -0.25) is 13.3 Å². The van der Waals surface area contributed by atoms with Crippen LogP contribution in [0.2, 0.25) is 0 Å². The molecule has 0 aliphatic rings. The molecule has 0 aromatic heterocycles. The Morgan fingerprint density at radius 1 is 0.340 bits per heavy atom. The van der Waals surface area contributed by atoms with Crippen molar-refractivity contribution in [2.75, 3.05) is 6.61 Å². The first-order chi connectivity index (χ1) is 21.0. The molecule has 4 nitrogen and oxygen atoms in total. The Labute approximate surface area is 252 Å². The first kappa shape index (κ1) is 50.1. The highest BCUT2D eigenvalue weighted by Gasteiger charge is 3.00. The van der Waals surface area contributed by atoms with Gasteiger partial charge in [0.15, 0.2) is 0 Å². The van der Waals surface area contributed by atoms with Crippen molar-refractivity contribution in [3.8, 4) is 0 Å². The van der Waals surface area contributed by atoms with Crippen molar-refractivity contribution in [2.24, 2.45) is 0 Å². The molecular formula is C15H6F30O4Si. The van der Waals surface area contributed by atoms with Gasteiger partial charge in [-0.15, -0.1) is 39.5 Å². The van der Waals surface area contributed by atoms with E-state index in [-0.39, 0.29) is 6.61 Å². The van der Waals surface area contributed by atoms with Crippen LogP contribution >= 0.6 is 0 Å². The fourth-order valence-corrected chi connectivity index (χ4v) is 4.43. The topological polar surface area (TPSA) is 47.9 Å². The number of aliphatic hydroxyl groups is 1. The van der Waals surface area contributed by atoms with E-state index in [2.05, 4.69) is 0 Å². The minimum absolute atomic E-state index is 0.250. The molecule has 0 aromatic carbocycles. The number of halogens is 30. The molecule has 0 fully saturated rings. The predicted molar refractivity (Wildman–Crippen MR) is 90.5 cm³/mol. The molecule has 0 saturated heterocycles. The molecule has 0 heterocycles. The molecule has 304 valence electrons. The van der Waals surface area contributed by atoms with Gasteiger partial charge in [0, 0.05) is 6.61 Å². The van der Waals surface area contributed by atoms with Crippen LogP contribution in [0.4, 0.5) is 132 Å². The molecule has 50 heavy (non-hydrogen) atoms. The van der Waals surface area contributed by atoms with E-state index in [0.717, 1.165) is 0 Å². The normalized spacial score (nSPS) is 16.3. The number of aliphatic hydroxyl groups excluding tert-OH is 1. The number of alkyl halides is 30. The van der Waals surface area contributed by atoms with E-state index in [1.165, 1.54) is 13.3 Å². The molecule has 0 spiro atoms. The van der Waals surface area contributed by atoms with E-state index in [4.69, 9.17) is 5.11 Å². The summed E-state index contributed by atoms with van der Waals surface area (Å²) in [6.45, 7) is 1.93. The zero-order valence-electron chi connectivity index (χ0n) is 21.7. The molecule has 0 amide bonds. The van der Waals surface area contributed by atoms with Gasteiger partial charge in [0.1, 0.15) is 0 Å². The summed E-state index contributed by atoms with van der Waals surface area (Å²) in [5, 5.41) is 7.57. The van der Waals surface area contributed by atoms with Gasteiger partial charge in [-0.05, 0) is 6.92 Å². The lowest BCUT2D eigenvalue weighted by Gasteiger charge is -2.46. The van der Waals surface area contributed by atoms with E-state index in [0.29, 0.717) is 0 Å². The molecule has 0 aliphatic heterocycles. The lowest BCUT2D eigenvalue weighted by Crippen LogP contribution is -2.80. The first-order valence-electron chi connectivity index (χ1n) is 10.4. The minimum atomic E-state index is -10.7. The second-order valence-corrected chi connectivity index (χ2v) is 10.5. The monoisotopic (exact) mass is 848 g/mol. The second kappa shape index (κ2) is 13.4. The van der Waals surface area contributed by atoms with Crippen molar-refractivity contribution in [3.63, 3.8) is 0 Å². The molecule has 0 aliphatic carbocycles. The van der Waals surface area contributed by atoms with Gasteiger partial charge >= 0.3 is 87.0 Å². The molecule has 0 radical (unpaired) electrons. The van der Waals surface area contributed by atoms with Crippen LogP contribution in [0.25, 0.3) is 0 Å². The largest absolute Gasteiger partial charge is 0.601 e. The van der Waals surface area contributed by atoms with Crippen LogP contribution in [0.3, 0.4) is 0 Å². The van der Waals surface area contributed by atoms with E-state index in [1.807, 2.05) is 0 Å². The molecular weight excluding hydrogens is 842 g/mol. The van der Waals surface area contributed by atoms with Crippen molar-refractivity contribution in [1.29, 1.82) is 0 Å². The predicted octanol–water partition coefficient (Wildman–Crippen LogP) is 9.35. The van der Waals surface area contributed by atoms with E-state index >= 15 is 0 Å². The van der Waals surface area contributed by atoms with Crippen molar-refractivity contribution in [1.82, 2.24) is 0 Å². The molecule has 0 rings (SSSR count). The summed E-state index contributed by atoms with van der Waals surface area (Å²) in [5.41, 5.74) is -9.38. The molecule has 0 bridgehead atoms. The summed E-state index contributed by atoms with van der Waals surface area (Å²) in [5.74, 6) is -77.2. The molecule has 0 unspecified atom stereocenters. The number of hydrogen-bond acceptors (Lipinski definition) is 4. The van der Waals surface area contributed by atoms with Crippen LogP contribution < -0.4 is 0 Å². The van der Waals surface area contributed by atoms with Crippen LogP contribution in [0, 0.1) is 0 Å². The Morgan fingerprint density at radius 2 is 0.500 bits per heavy atom. The number of hydrogen-bond donors (Lipinski definition) is 1. The number of rotatable bonds is 12. The smallest absolute Gasteiger partial charge is 0.397 e. The molecule has 35 heteroatoms. The van der Waals surface area contributed by atoms with Gasteiger partial charge in [-0.1, -0.05) is 0 Å². The van der Waals surface area contributed by atoms with Gasteiger partial charge in [0.05, 0.1) is 0 Å². The van der Waals surface area contributed by atoms with Gasteiger partial charge in [0.25, 0.3) is 0 Å². The maximum absolute atomic E-state index is 14.2. The van der Waals surface area contributed by atoms with Gasteiger partial charge in [-0.25, -0.2) is 0 Å².